The zero-order valence-corrected chi connectivity index (χ0v) is 10.2. The van der Waals surface area contributed by atoms with Gasteiger partial charge in [0.1, 0.15) is 6.04 Å². The molecule has 0 saturated carbocycles. The van der Waals surface area contributed by atoms with E-state index in [0.717, 1.165) is 0 Å². The highest BCUT2D eigenvalue weighted by Gasteiger charge is 2.26. The summed E-state index contributed by atoms with van der Waals surface area (Å²) in [6.45, 7) is 3.52. The maximum absolute atomic E-state index is 13.3. The first-order chi connectivity index (χ1) is 8.47. The number of hydrogen-bond acceptors (Lipinski definition) is 3. The standard InChI is InChI=1S/C12H15FN2O3/c1-3-7(2)9(12(17)18)15-11(16)8-5-4-6-14-10(8)13/h4-7,9H,3H2,1-2H3,(H,15,16)(H,17,18). The van der Waals surface area contributed by atoms with Gasteiger partial charge in [0.05, 0.1) is 5.56 Å². The average molecular weight is 254 g/mol. The van der Waals surface area contributed by atoms with Crippen LogP contribution in [0.4, 0.5) is 4.39 Å². The van der Waals surface area contributed by atoms with Crippen molar-refractivity contribution in [2.75, 3.05) is 0 Å². The van der Waals surface area contributed by atoms with Crippen molar-refractivity contribution in [2.45, 2.75) is 26.3 Å². The van der Waals surface area contributed by atoms with Crippen molar-refractivity contribution in [3.8, 4) is 0 Å². The van der Waals surface area contributed by atoms with Gasteiger partial charge in [-0.3, -0.25) is 4.79 Å². The van der Waals surface area contributed by atoms with Crippen molar-refractivity contribution >= 4 is 11.9 Å². The van der Waals surface area contributed by atoms with Gasteiger partial charge in [-0.25, -0.2) is 9.78 Å². The van der Waals surface area contributed by atoms with E-state index in [1.54, 1.807) is 6.92 Å². The highest BCUT2D eigenvalue weighted by Crippen LogP contribution is 2.10. The van der Waals surface area contributed by atoms with E-state index >= 15 is 0 Å². The van der Waals surface area contributed by atoms with E-state index < -0.39 is 23.9 Å². The van der Waals surface area contributed by atoms with Crippen LogP contribution in [0.15, 0.2) is 18.3 Å². The Morgan fingerprint density at radius 2 is 2.22 bits per heavy atom. The Kier molecular flexibility index (Phi) is 4.76. The normalized spacial score (nSPS) is 13.7. The lowest BCUT2D eigenvalue weighted by atomic mass is 9.99. The number of aliphatic carboxylic acids is 1. The number of rotatable bonds is 5. The first kappa shape index (κ1) is 14.1. The molecule has 1 heterocycles. The molecule has 0 saturated heterocycles. The van der Waals surface area contributed by atoms with Gasteiger partial charge in [-0.1, -0.05) is 20.3 Å². The third-order valence-electron chi connectivity index (χ3n) is 2.77. The predicted octanol–water partition coefficient (Wildman–Crippen LogP) is 1.45. The van der Waals surface area contributed by atoms with Gasteiger partial charge in [0.15, 0.2) is 0 Å². The van der Waals surface area contributed by atoms with Crippen LogP contribution in [-0.4, -0.2) is 28.0 Å². The molecule has 1 aromatic rings. The van der Waals surface area contributed by atoms with Crippen LogP contribution >= 0.6 is 0 Å². The monoisotopic (exact) mass is 254 g/mol. The summed E-state index contributed by atoms with van der Waals surface area (Å²) >= 11 is 0. The molecule has 1 aromatic heterocycles. The Labute approximate surface area is 104 Å². The summed E-state index contributed by atoms with van der Waals surface area (Å²) in [6, 6.07) is 1.63. The number of nitrogens with zero attached hydrogens (tertiary/aromatic N) is 1. The molecule has 0 aliphatic carbocycles. The van der Waals surface area contributed by atoms with E-state index in [9.17, 15) is 14.0 Å². The lowest BCUT2D eigenvalue weighted by molar-refractivity contribution is -0.140. The van der Waals surface area contributed by atoms with Crippen LogP contribution in [0.3, 0.4) is 0 Å². The van der Waals surface area contributed by atoms with E-state index in [1.165, 1.54) is 18.3 Å². The SMILES string of the molecule is CCC(C)C(NC(=O)c1cccnc1F)C(=O)O. The maximum atomic E-state index is 13.3. The van der Waals surface area contributed by atoms with Crippen molar-refractivity contribution in [3.63, 3.8) is 0 Å². The molecule has 0 bridgehead atoms. The second kappa shape index (κ2) is 6.09. The second-order valence-electron chi connectivity index (χ2n) is 4.02. The Bertz CT molecular complexity index is 451. The Morgan fingerprint density at radius 1 is 1.56 bits per heavy atom. The zero-order valence-electron chi connectivity index (χ0n) is 10.2. The van der Waals surface area contributed by atoms with Crippen LogP contribution in [-0.2, 0) is 4.79 Å². The number of aromatic nitrogens is 1. The number of carboxylic acids is 1. The number of nitrogens with one attached hydrogen (secondary N) is 1. The summed E-state index contributed by atoms with van der Waals surface area (Å²) in [5.41, 5.74) is -0.257. The molecular formula is C12H15FN2O3. The largest absolute Gasteiger partial charge is 0.480 e. The van der Waals surface area contributed by atoms with Gasteiger partial charge in [-0.2, -0.15) is 4.39 Å². The lowest BCUT2D eigenvalue weighted by Gasteiger charge is -2.20. The fraction of sp³-hybridized carbons (Fsp3) is 0.417. The van der Waals surface area contributed by atoms with Crippen LogP contribution in [0.2, 0.25) is 0 Å². The van der Waals surface area contributed by atoms with Gasteiger partial charge >= 0.3 is 5.97 Å². The van der Waals surface area contributed by atoms with Crippen LogP contribution < -0.4 is 5.32 Å². The van der Waals surface area contributed by atoms with Crippen LogP contribution in [0.1, 0.15) is 30.6 Å². The lowest BCUT2D eigenvalue weighted by Crippen LogP contribution is -2.45. The minimum atomic E-state index is -1.14. The number of halogens is 1. The first-order valence-electron chi connectivity index (χ1n) is 5.61. The van der Waals surface area contributed by atoms with Crippen molar-refractivity contribution < 1.29 is 19.1 Å². The molecule has 1 amide bonds. The predicted molar refractivity (Wildman–Crippen MR) is 62.5 cm³/mol. The van der Waals surface area contributed by atoms with E-state index in [4.69, 9.17) is 5.11 Å². The molecule has 0 aliphatic heterocycles. The van der Waals surface area contributed by atoms with Gasteiger partial charge in [0.25, 0.3) is 5.91 Å². The van der Waals surface area contributed by atoms with Gasteiger partial charge in [0.2, 0.25) is 5.95 Å². The number of carboxylic acid groups (broad SMARTS) is 1. The molecule has 0 radical (unpaired) electrons. The van der Waals surface area contributed by atoms with Gasteiger partial charge in [-0.15, -0.1) is 0 Å². The summed E-state index contributed by atoms with van der Waals surface area (Å²) in [7, 11) is 0. The Hall–Kier alpha value is -1.98. The van der Waals surface area contributed by atoms with Crippen molar-refractivity contribution in [1.82, 2.24) is 10.3 Å². The number of carbonyl (C=O) groups is 2. The summed E-state index contributed by atoms with van der Waals surface area (Å²) in [6.07, 6.45) is 1.81. The van der Waals surface area contributed by atoms with Gasteiger partial charge < -0.3 is 10.4 Å². The van der Waals surface area contributed by atoms with E-state index in [0.29, 0.717) is 6.42 Å². The highest BCUT2D eigenvalue weighted by atomic mass is 19.1. The molecule has 1 rings (SSSR count). The van der Waals surface area contributed by atoms with Crippen molar-refractivity contribution in [2.24, 2.45) is 5.92 Å². The smallest absolute Gasteiger partial charge is 0.326 e. The summed E-state index contributed by atoms with van der Waals surface area (Å²) in [5.74, 6) is -3.07. The number of hydrogen-bond donors (Lipinski definition) is 2. The van der Waals surface area contributed by atoms with Crippen molar-refractivity contribution in [3.05, 3.63) is 29.8 Å². The molecule has 6 heteroatoms. The quantitative estimate of drug-likeness (QED) is 0.779. The molecule has 0 aliphatic rings. The Morgan fingerprint density at radius 3 is 2.72 bits per heavy atom. The van der Waals surface area contributed by atoms with Crippen molar-refractivity contribution in [1.29, 1.82) is 0 Å². The van der Waals surface area contributed by atoms with Crippen LogP contribution in [0, 0.1) is 11.9 Å². The van der Waals surface area contributed by atoms with E-state index in [-0.39, 0.29) is 11.5 Å². The fourth-order valence-corrected chi connectivity index (χ4v) is 1.46. The van der Waals surface area contributed by atoms with Gasteiger partial charge in [0, 0.05) is 6.20 Å². The molecular weight excluding hydrogens is 239 g/mol. The molecule has 0 spiro atoms. The van der Waals surface area contributed by atoms with Crippen LogP contribution in [0.5, 0.6) is 0 Å². The van der Waals surface area contributed by atoms with Crippen LogP contribution in [0.25, 0.3) is 0 Å². The van der Waals surface area contributed by atoms with E-state index in [1.807, 2.05) is 6.92 Å². The highest BCUT2D eigenvalue weighted by molar-refractivity contribution is 5.96. The number of amides is 1. The summed E-state index contributed by atoms with van der Waals surface area (Å²) in [4.78, 5) is 26.1. The first-order valence-corrected chi connectivity index (χ1v) is 5.61. The maximum Gasteiger partial charge on any atom is 0.326 e. The number of pyridine rings is 1. The molecule has 0 fully saturated rings. The van der Waals surface area contributed by atoms with Gasteiger partial charge in [-0.05, 0) is 18.1 Å². The second-order valence-corrected chi connectivity index (χ2v) is 4.02. The minimum absolute atomic E-state index is 0.244. The minimum Gasteiger partial charge on any atom is -0.480 e. The summed E-state index contributed by atoms with van der Waals surface area (Å²) in [5, 5.41) is 11.3. The molecule has 18 heavy (non-hydrogen) atoms. The zero-order chi connectivity index (χ0) is 13.7. The fourth-order valence-electron chi connectivity index (χ4n) is 1.46. The third kappa shape index (κ3) is 3.26. The molecule has 0 aromatic carbocycles. The summed E-state index contributed by atoms with van der Waals surface area (Å²) < 4.78 is 13.3. The molecule has 2 atom stereocenters. The molecule has 2 N–H and O–H groups in total. The molecule has 5 nitrogen and oxygen atoms in total. The van der Waals surface area contributed by atoms with E-state index in [2.05, 4.69) is 10.3 Å². The molecule has 2 unspecified atom stereocenters. The third-order valence-corrected chi connectivity index (χ3v) is 2.77. The molecule has 98 valence electrons. The number of carbonyl (C=O) groups excluding carboxylic acids is 1. The topological polar surface area (TPSA) is 79.3 Å². The Balaban J connectivity index is 2.86. The average Bonchev–Trinajstić information content (AvgIpc) is 2.35.